The van der Waals surface area contributed by atoms with Gasteiger partial charge in [0.25, 0.3) is 5.91 Å². The van der Waals surface area contributed by atoms with E-state index in [-0.39, 0.29) is 19.0 Å². The van der Waals surface area contributed by atoms with Crippen molar-refractivity contribution >= 4 is 41.3 Å². The summed E-state index contributed by atoms with van der Waals surface area (Å²) in [6, 6.07) is 8.74. The first-order valence-corrected chi connectivity index (χ1v) is 10.4. The molecule has 3 rings (SSSR count). The van der Waals surface area contributed by atoms with Crippen LogP contribution in [0.1, 0.15) is 31.2 Å². The first kappa shape index (κ1) is 24.4. The Morgan fingerprint density at radius 2 is 2.09 bits per heavy atom. The minimum absolute atomic E-state index is 0.0971. The number of benzene rings is 1. The zero-order chi connectivity index (χ0) is 24.7. The van der Waals surface area contributed by atoms with Crippen LogP contribution >= 0.6 is 12.2 Å². The molecule has 0 fully saturated rings. The number of thiocarbonyl (C=S) groups is 1. The van der Waals surface area contributed by atoms with Crippen LogP contribution in [0.4, 0.5) is 5.88 Å². The average Bonchev–Trinajstić information content (AvgIpc) is 3.27. The van der Waals surface area contributed by atoms with Crippen LogP contribution in [0.25, 0.3) is 0 Å². The number of carbonyl (C=O) groups is 2. The molecule has 1 aliphatic rings. The number of rotatable bonds is 9. The quantitative estimate of drug-likeness (QED) is 0.157. The Labute approximate surface area is 199 Å². The zero-order valence-electron chi connectivity index (χ0n) is 18.2. The lowest BCUT2D eigenvalue weighted by Gasteiger charge is -2.30. The highest BCUT2D eigenvalue weighted by Gasteiger charge is 2.32. The summed E-state index contributed by atoms with van der Waals surface area (Å²) in [5.41, 5.74) is 3.71. The number of hydrogen-bond donors (Lipinski definition) is 3. The summed E-state index contributed by atoms with van der Waals surface area (Å²) in [6.07, 6.45) is 1.12. The predicted molar refractivity (Wildman–Crippen MR) is 124 cm³/mol. The van der Waals surface area contributed by atoms with Crippen molar-refractivity contribution in [2.45, 2.75) is 19.9 Å². The number of nitrogens with one attached hydrogen (secondary N) is 3. The zero-order valence-corrected chi connectivity index (χ0v) is 19.0. The van der Waals surface area contributed by atoms with Crippen LogP contribution in [0.3, 0.4) is 0 Å². The molecule has 1 atom stereocenters. The molecule has 1 aromatic heterocycles. The summed E-state index contributed by atoms with van der Waals surface area (Å²) in [6.45, 7) is 3.24. The number of ether oxygens (including phenoxy) is 2. The molecule has 1 aromatic carbocycles. The SMILES string of the molecule is CCOC(=O)C1=C(C)NC(=S)N[C@H]1c1ccccc1OCC(=O)NN=Cc1ccc([N+](=O)[O-])o1. The topological polar surface area (TPSA) is 157 Å². The van der Waals surface area contributed by atoms with Crippen LogP contribution in [0, 0.1) is 10.1 Å². The molecule has 2 heterocycles. The first-order valence-electron chi connectivity index (χ1n) is 10.0. The number of esters is 1. The van der Waals surface area contributed by atoms with Gasteiger partial charge in [-0.15, -0.1) is 0 Å². The maximum atomic E-state index is 12.6. The molecule has 0 spiro atoms. The molecule has 0 bridgehead atoms. The molecule has 178 valence electrons. The molecule has 0 saturated heterocycles. The third-order valence-corrected chi connectivity index (χ3v) is 4.75. The summed E-state index contributed by atoms with van der Waals surface area (Å²) in [5, 5.41) is 20.6. The molecule has 12 nitrogen and oxygen atoms in total. The van der Waals surface area contributed by atoms with Crippen molar-refractivity contribution in [2.75, 3.05) is 13.2 Å². The second-order valence-electron chi connectivity index (χ2n) is 6.84. The number of nitro groups is 1. The van der Waals surface area contributed by atoms with Gasteiger partial charge in [0.15, 0.2) is 17.5 Å². The fraction of sp³-hybridized carbons (Fsp3) is 0.238. The van der Waals surface area contributed by atoms with Crippen LogP contribution in [0.5, 0.6) is 5.75 Å². The molecule has 0 radical (unpaired) electrons. The van der Waals surface area contributed by atoms with Crippen molar-refractivity contribution in [1.29, 1.82) is 0 Å². The minimum atomic E-state index is -0.685. The Morgan fingerprint density at radius 3 is 2.79 bits per heavy atom. The normalized spacial score (nSPS) is 15.5. The smallest absolute Gasteiger partial charge is 0.433 e. The highest BCUT2D eigenvalue weighted by molar-refractivity contribution is 7.80. The molecule has 0 saturated carbocycles. The fourth-order valence-corrected chi connectivity index (χ4v) is 3.38. The standard InChI is InChI=1S/C21H21N5O7S/c1-3-31-20(28)18-12(2)23-21(34)24-19(18)14-6-4-5-7-15(14)32-11-16(27)25-22-10-13-8-9-17(33-13)26(29)30/h4-10,19H,3,11H2,1-2H3,(H,25,27)(H2,23,24,34)/t19-/m0/s1. The van der Waals surface area contributed by atoms with Crippen LogP contribution in [-0.2, 0) is 14.3 Å². The van der Waals surface area contributed by atoms with E-state index in [0.29, 0.717) is 27.7 Å². The Hall–Kier alpha value is -4.26. The van der Waals surface area contributed by atoms with E-state index in [0.717, 1.165) is 6.21 Å². The van der Waals surface area contributed by atoms with Gasteiger partial charge in [-0.2, -0.15) is 5.10 Å². The fourth-order valence-electron chi connectivity index (χ4n) is 3.11. The summed E-state index contributed by atoms with van der Waals surface area (Å²) in [5.74, 6) is -1.09. The Bertz CT molecular complexity index is 1170. The van der Waals surface area contributed by atoms with Crippen LogP contribution in [-0.4, -0.2) is 41.3 Å². The van der Waals surface area contributed by atoms with Gasteiger partial charge in [0.1, 0.15) is 10.7 Å². The monoisotopic (exact) mass is 487 g/mol. The van der Waals surface area contributed by atoms with E-state index in [1.54, 1.807) is 38.1 Å². The molecule has 2 aromatic rings. The second-order valence-corrected chi connectivity index (χ2v) is 7.25. The van der Waals surface area contributed by atoms with Crippen LogP contribution < -0.4 is 20.8 Å². The summed E-state index contributed by atoms with van der Waals surface area (Å²) in [4.78, 5) is 34.7. The Morgan fingerprint density at radius 1 is 1.32 bits per heavy atom. The van der Waals surface area contributed by atoms with E-state index in [1.807, 2.05) is 0 Å². The highest BCUT2D eigenvalue weighted by Crippen LogP contribution is 2.33. The number of nitrogens with zero attached hydrogens (tertiary/aromatic N) is 2. The largest absolute Gasteiger partial charge is 0.483 e. The Balaban J connectivity index is 1.69. The maximum absolute atomic E-state index is 12.6. The van der Waals surface area contributed by atoms with Crippen molar-refractivity contribution in [3.63, 3.8) is 0 Å². The summed E-state index contributed by atoms with van der Waals surface area (Å²) in [7, 11) is 0. The lowest BCUT2D eigenvalue weighted by atomic mass is 9.95. The van der Waals surface area contributed by atoms with Crippen LogP contribution in [0.15, 0.2) is 57.2 Å². The maximum Gasteiger partial charge on any atom is 0.433 e. The molecule has 1 amide bonds. The molecule has 13 heteroatoms. The van der Waals surface area contributed by atoms with Crippen molar-refractivity contribution in [3.8, 4) is 5.75 Å². The van der Waals surface area contributed by atoms with Crippen LogP contribution in [0.2, 0.25) is 0 Å². The van der Waals surface area contributed by atoms with E-state index >= 15 is 0 Å². The predicted octanol–water partition coefficient (Wildman–Crippen LogP) is 2.07. The van der Waals surface area contributed by atoms with E-state index in [1.165, 1.54) is 12.1 Å². The molecular formula is C21H21N5O7S. The third-order valence-electron chi connectivity index (χ3n) is 4.53. The van der Waals surface area contributed by atoms with Gasteiger partial charge in [-0.3, -0.25) is 14.9 Å². The van der Waals surface area contributed by atoms with Gasteiger partial charge >= 0.3 is 11.9 Å². The molecule has 3 N–H and O–H groups in total. The number of allylic oxidation sites excluding steroid dienone is 1. The third kappa shape index (κ3) is 5.95. The van der Waals surface area contributed by atoms with Gasteiger partial charge < -0.3 is 24.5 Å². The van der Waals surface area contributed by atoms with E-state index < -0.39 is 28.7 Å². The van der Waals surface area contributed by atoms with Crippen molar-refractivity contribution < 1.29 is 28.4 Å². The Kier molecular flexibility index (Phi) is 7.92. The molecular weight excluding hydrogens is 466 g/mol. The van der Waals surface area contributed by atoms with Gasteiger partial charge in [0.05, 0.1) is 30.5 Å². The molecule has 0 aliphatic carbocycles. The molecule has 0 unspecified atom stereocenters. The number of amides is 1. The molecule has 1 aliphatic heterocycles. The van der Waals surface area contributed by atoms with E-state index in [2.05, 4.69) is 21.2 Å². The number of hydrazone groups is 1. The van der Waals surface area contributed by atoms with Crippen molar-refractivity contribution in [1.82, 2.24) is 16.1 Å². The second kappa shape index (κ2) is 11.0. The molecule has 34 heavy (non-hydrogen) atoms. The minimum Gasteiger partial charge on any atom is -0.483 e. The first-order chi connectivity index (χ1) is 16.3. The summed E-state index contributed by atoms with van der Waals surface area (Å²) >= 11 is 5.24. The lowest BCUT2D eigenvalue weighted by Crippen LogP contribution is -2.45. The lowest BCUT2D eigenvalue weighted by molar-refractivity contribution is -0.402. The number of hydrogen-bond acceptors (Lipinski definition) is 9. The van der Waals surface area contributed by atoms with E-state index in [9.17, 15) is 19.7 Å². The average molecular weight is 487 g/mol. The summed E-state index contributed by atoms with van der Waals surface area (Å²) < 4.78 is 15.8. The van der Waals surface area contributed by atoms with Gasteiger partial charge in [-0.05, 0) is 38.2 Å². The number of carbonyl (C=O) groups excluding carboxylic acids is 2. The van der Waals surface area contributed by atoms with Gasteiger partial charge in [-0.25, -0.2) is 10.2 Å². The highest BCUT2D eigenvalue weighted by atomic mass is 32.1. The van der Waals surface area contributed by atoms with Crippen molar-refractivity contribution in [2.24, 2.45) is 5.10 Å². The van der Waals surface area contributed by atoms with Gasteiger partial charge in [0, 0.05) is 11.3 Å². The van der Waals surface area contributed by atoms with Gasteiger partial charge in [-0.1, -0.05) is 18.2 Å². The van der Waals surface area contributed by atoms with Gasteiger partial charge in [0.2, 0.25) is 0 Å². The number of furan rings is 1. The van der Waals surface area contributed by atoms with E-state index in [4.69, 9.17) is 26.1 Å². The van der Waals surface area contributed by atoms with Crippen molar-refractivity contribution in [3.05, 3.63) is 69.1 Å². The number of para-hydroxylation sites is 1.